The number of carbonyl (C=O) groups is 1. The number of thiocarbonyl (C=S) groups is 1. The minimum atomic E-state index is -3.64. The molecule has 0 saturated carbocycles. The maximum Gasteiger partial charge on any atom is 0.265 e. The summed E-state index contributed by atoms with van der Waals surface area (Å²) in [6, 6.07) is 1.32. The fourth-order valence-electron chi connectivity index (χ4n) is 2.98. The van der Waals surface area contributed by atoms with Crippen molar-refractivity contribution >= 4 is 33.3 Å². The van der Waals surface area contributed by atoms with Crippen molar-refractivity contribution in [2.24, 2.45) is 12.8 Å². The number of nitrogens with zero attached hydrogens (tertiary/aromatic N) is 4. The van der Waals surface area contributed by atoms with Gasteiger partial charge in [0.25, 0.3) is 11.1 Å². The van der Waals surface area contributed by atoms with Crippen LogP contribution in [0.5, 0.6) is 0 Å². The Kier molecular flexibility index (Phi) is 5.00. The highest BCUT2D eigenvalue weighted by atomic mass is 32.2. The molecule has 0 atom stereocenters. The number of carbonyl (C=O) groups excluding carboxylic acids is 1. The molecule has 2 fully saturated rings. The highest BCUT2D eigenvalue weighted by Gasteiger charge is 2.31. The smallest absolute Gasteiger partial charge is 0.265 e. The molecule has 2 aliphatic heterocycles. The van der Waals surface area contributed by atoms with Gasteiger partial charge in [-0.1, -0.05) is 0 Å². The van der Waals surface area contributed by atoms with Gasteiger partial charge in [0.15, 0.2) is 0 Å². The number of sulfonamides is 1. The molecule has 0 radical (unpaired) electrons. The molecule has 0 bridgehead atoms. The van der Waals surface area contributed by atoms with E-state index in [0.29, 0.717) is 44.6 Å². The molecule has 3 rings (SSSR count). The van der Waals surface area contributed by atoms with Gasteiger partial charge in [0.1, 0.15) is 17.2 Å². The van der Waals surface area contributed by atoms with Gasteiger partial charge in [0, 0.05) is 39.4 Å². The van der Waals surface area contributed by atoms with Crippen LogP contribution in [-0.2, 0) is 21.8 Å². The van der Waals surface area contributed by atoms with Crippen molar-refractivity contribution in [1.82, 2.24) is 18.7 Å². The van der Waals surface area contributed by atoms with Crippen LogP contribution >= 0.6 is 12.2 Å². The van der Waals surface area contributed by atoms with Gasteiger partial charge in [-0.3, -0.25) is 9.69 Å². The maximum atomic E-state index is 12.8. The van der Waals surface area contributed by atoms with Crippen molar-refractivity contribution in [1.29, 1.82) is 0 Å². The number of amides is 1. The average molecular weight is 387 g/mol. The number of aromatic nitrogens is 1. The van der Waals surface area contributed by atoms with E-state index in [9.17, 15) is 13.2 Å². The largest absolute Gasteiger partial charge is 0.469 e. The zero-order valence-electron chi connectivity index (χ0n) is 13.9. The van der Waals surface area contributed by atoms with Gasteiger partial charge in [-0.15, -0.1) is 0 Å². The Morgan fingerprint density at radius 3 is 2.48 bits per heavy atom. The molecule has 2 N–H and O–H groups in total. The number of nitrogens with two attached hydrogens (primary N) is 1. The second kappa shape index (κ2) is 6.90. The van der Waals surface area contributed by atoms with Gasteiger partial charge >= 0.3 is 0 Å². The summed E-state index contributed by atoms with van der Waals surface area (Å²) in [5.74, 6) is -0.655. The molecule has 3 heterocycles. The number of ether oxygens (including phenoxy) is 1. The number of rotatable bonds is 5. The summed E-state index contributed by atoms with van der Waals surface area (Å²) in [6.45, 7) is 3.97. The van der Waals surface area contributed by atoms with Gasteiger partial charge in [0.05, 0.1) is 13.2 Å². The first-order valence-corrected chi connectivity index (χ1v) is 9.74. The first-order chi connectivity index (χ1) is 11.8. The molecule has 2 saturated heterocycles. The van der Waals surface area contributed by atoms with E-state index in [0.717, 1.165) is 6.54 Å². The summed E-state index contributed by atoms with van der Waals surface area (Å²) in [6.07, 6.45) is 1.42. The van der Waals surface area contributed by atoms with Crippen LogP contribution in [0.25, 0.3) is 0 Å². The van der Waals surface area contributed by atoms with Crippen LogP contribution in [0.3, 0.4) is 0 Å². The van der Waals surface area contributed by atoms with Crippen molar-refractivity contribution in [3.8, 4) is 0 Å². The van der Waals surface area contributed by atoms with E-state index in [4.69, 9.17) is 22.7 Å². The Morgan fingerprint density at radius 2 is 1.96 bits per heavy atom. The molecule has 9 nitrogen and oxygen atoms in total. The van der Waals surface area contributed by atoms with Crippen molar-refractivity contribution in [3.63, 3.8) is 0 Å². The van der Waals surface area contributed by atoms with E-state index in [-0.39, 0.29) is 10.6 Å². The highest BCUT2D eigenvalue weighted by Crippen LogP contribution is 2.20. The lowest BCUT2D eigenvalue weighted by Crippen LogP contribution is -2.51. The number of aryl methyl sites for hydroxylation is 1. The minimum absolute atomic E-state index is 0.0892. The van der Waals surface area contributed by atoms with Gasteiger partial charge in [-0.25, -0.2) is 8.42 Å². The fraction of sp³-hybridized carbons (Fsp3) is 0.571. The summed E-state index contributed by atoms with van der Waals surface area (Å²) in [5.41, 5.74) is 5.42. The molecule has 2 aliphatic rings. The Balaban J connectivity index is 1.64. The maximum absolute atomic E-state index is 12.8. The molecule has 0 unspecified atom stereocenters. The number of hydrogen-bond acceptors (Lipinski definition) is 6. The average Bonchev–Trinajstić information content (AvgIpc) is 3.14. The van der Waals surface area contributed by atoms with Crippen molar-refractivity contribution in [2.45, 2.75) is 4.90 Å². The van der Waals surface area contributed by atoms with Crippen LogP contribution < -0.4 is 5.73 Å². The first kappa shape index (κ1) is 18.1. The lowest BCUT2D eigenvalue weighted by atomic mass is 10.4. The third-order valence-electron chi connectivity index (χ3n) is 4.42. The minimum Gasteiger partial charge on any atom is -0.469 e. The normalized spacial score (nSPS) is 20.0. The van der Waals surface area contributed by atoms with Gasteiger partial charge < -0.3 is 19.9 Å². The van der Waals surface area contributed by atoms with Crippen LogP contribution in [0, 0.1) is 0 Å². The molecule has 1 aromatic rings. The molecule has 0 aromatic carbocycles. The first-order valence-electron chi connectivity index (χ1n) is 7.89. The molecule has 1 amide bonds. The van der Waals surface area contributed by atoms with E-state index >= 15 is 0 Å². The Bertz CT molecular complexity index is 783. The molecular weight excluding hydrogens is 366 g/mol. The molecule has 25 heavy (non-hydrogen) atoms. The molecular formula is C14H21N5O4S2. The number of hydrogen-bond donors (Lipinski definition) is 1. The lowest BCUT2D eigenvalue weighted by Gasteiger charge is -2.35. The molecule has 0 aliphatic carbocycles. The molecule has 11 heteroatoms. The molecule has 1 aromatic heterocycles. The Morgan fingerprint density at radius 1 is 1.28 bits per heavy atom. The highest BCUT2D eigenvalue weighted by molar-refractivity contribution is 7.89. The van der Waals surface area contributed by atoms with E-state index in [1.807, 2.05) is 4.90 Å². The second-order valence-corrected chi connectivity index (χ2v) is 8.36. The third-order valence-corrected chi connectivity index (χ3v) is 6.66. The van der Waals surface area contributed by atoms with E-state index < -0.39 is 15.9 Å². The predicted molar refractivity (Wildman–Crippen MR) is 94.4 cm³/mol. The summed E-state index contributed by atoms with van der Waals surface area (Å²) < 4.78 is 33.7. The van der Waals surface area contributed by atoms with Crippen LogP contribution in [0.4, 0.5) is 0 Å². The third kappa shape index (κ3) is 3.64. The van der Waals surface area contributed by atoms with Crippen LogP contribution in [-0.4, -0.2) is 84.2 Å². The summed E-state index contributed by atoms with van der Waals surface area (Å²) in [5, 5.41) is 0.498. The van der Waals surface area contributed by atoms with Crippen LogP contribution in [0.15, 0.2) is 17.2 Å². The molecule has 0 spiro atoms. The van der Waals surface area contributed by atoms with E-state index in [1.54, 1.807) is 7.05 Å². The summed E-state index contributed by atoms with van der Waals surface area (Å²) in [4.78, 5) is 15.5. The van der Waals surface area contributed by atoms with Crippen LogP contribution in [0.2, 0.25) is 0 Å². The van der Waals surface area contributed by atoms with E-state index in [1.165, 1.54) is 21.1 Å². The van der Waals surface area contributed by atoms with Gasteiger partial charge in [-0.2, -0.15) is 4.31 Å². The number of piperazine rings is 1. The van der Waals surface area contributed by atoms with E-state index in [2.05, 4.69) is 4.90 Å². The van der Waals surface area contributed by atoms with Crippen molar-refractivity contribution in [3.05, 3.63) is 18.0 Å². The summed E-state index contributed by atoms with van der Waals surface area (Å²) in [7, 11) is -2.05. The van der Waals surface area contributed by atoms with Crippen molar-refractivity contribution < 1.29 is 17.9 Å². The SMILES string of the molecule is Cn1cc(S(=O)(=O)N2CCN(CN3CCOC3=S)CC2)cc1C(N)=O. The standard InChI is InChI=1S/C14H21N5O4S2/c1-16-9-11(8-12(16)13(15)20)25(21,22)19-4-2-17(3-5-19)10-18-6-7-23-14(18)24/h8-9H,2-7,10H2,1H3,(H2,15,20). The van der Waals surface area contributed by atoms with Gasteiger partial charge in [0.2, 0.25) is 10.0 Å². The monoisotopic (exact) mass is 387 g/mol. The van der Waals surface area contributed by atoms with Gasteiger partial charge in [-0.05, 0) is 18.3 Å². The second-order valence-electron chi connectivity index (χ2n) is 6.08. The quantitative estimate of drug-likeness (QED) is 0.647. The number of primary amides is 1. The molecule has 138 valence electrons. The Hall–Kier alpha value is -1.69. The van der Waals surface area contributed by atoms with Crippen molar-refractivity contribution in [2.75, 3.05) is 46.0 Å². The Labute approximate surface area is 152 Å². The zero-order chi connectivity index (χ0) is 18.2. The topological polar surface area (TPSA) is 101 Å². The summed E-state index contributed by atoms with van der Waals surface area (Å²) >= 11 is 5.12. The fourth-order valence-corrected chi connectivity index (χ4v) is 4.70. The predicted octanol–water partition coefficient (Wildman–Crippen LogP) is -0.995. The lowest BCUT2D eigenvalue weighted by molar-refractivity contribution is 0.0992. The zero-order valence-corrected chi connectivity index (χ0v) is 15.6. The van der Waals surface area contributed by atoms with Crippen LogP contribution in [0.1, 0.15) is 10.5 Å².